The predicted octanol–water partition coefficient (Wildman–Crippen LogP) is 2.41. The highest BCUT2D eigenvalue weighted by molar-refractivity contribution is 5.75. The molecule has 0 aliphatic heterocycles. The molecule has 2 rings (SSSR count). The molecule has 5 heteroatoms. The van der Waals surface area contributed by atoms with Crippen LogP contribution in [0.5, 0.6) is 0 Å². The van der Waals surface area contributed by atoms with Crippen LogP contribution in [0.15, 0.2) is 53.6 Å². The zero-order valence-corrected chi connectivity index (χ0v) is 10.2. The van der Waals surface area contributed by atoms with Gasteiger partial charge in [0.1, 0.15) is 5.76 Å². The molecule has 1 unspecified atom stereocenters. The summed E-state index contributed by atoms with van der Waals surface area (Å²) in [6.07, 6.45) is 1.86. The van der Waals surface area contributed by atoms with E-state index in [4.69, 9.17) is 0 Å². The Kier molecular flexibility index (Phi) is 3.75. The molecule has 100 valence electrons. The number of allylic oxidation sites excluding steroid dienone is 1. The van der Waals surface area contributed by atoms with Crippen molar-refractivity contribution in [3.8, 4) is 0 Å². The fourth-order valence-electron chi connectivity index (χ4n) is 1.94. The second-order valence-electron chi connectivity index (χ2n) is 4.33. The highest BCUT2D eigenvalue weighted by Gasteiger charge is 2.23. The van der Waals surface area contributed by atoms with Crippen molar-refractivity contribution in [3.05, 3.63) is 59.2 Å². The summed E-state index contributed by atoms with van der Waals surface area (Å²) in [4.78, 5) is 11.3. The molecule has 5 nitrogen and oxygen atoms in total. The number of carboxylic acid groups (broad SMARTS) is 1. The molecule has 0 saturated heterocycles. The van der Waals surface area contributed by atoms with E-state index in [1.54, 1.807) is 36.4 Å². The van der Waals surface area contributed by atoms with E-state index in [9.17, 15) is 20.1 Å². The number of hydrogen-bond donors (Lipinski definition) is 4. The standard InChI is InChI=1S/C14H15NO4/c16-10-6-7-11(12(17)8-10)15-13(14(18)19)9-4-2-1-3-5-9/h1-6,13,15-17H,7-8H2,(H,18,19). The van der Waals surface area contributed by atoms with E-state index in [2.05, 4.69) is 5.32 Å². The van der Waals surface area contributed by atoms with Gasteiger partial charge in [-0.2, -0.15) is 0 Å². The Hall–Kier alpha value is -2.43. The van der Waals surface area contributed by atoms with Crippen LogP contribution in [0.2, 0.25) is 0 Å². The summed E-state index contributed by atoms with van der Waals surface area (Å²) >= 11 is 0. The molecule has 0 heterocycles. The van der Waals surface area contributed by atoms with Crippen LogP contribution >= 0.6 is 0 Å². The summed E-state index contributed by atoms with van der Waals surface area (Å²) in [6.45, 7) is 0. The largest absolute Gasteiger partial charge is 0.512 e. The van der Waals surface area contributed by atoms with Crippen LogP contribution in [0, 0.1) is 0 Å². The SMILES string of the molecule is O=C(O)C(NC1=C(O)CC(O)=CC1)c1ccccc1. The Morgan fingerprint density at radius 1 is 1.21 bits per heavy atom. The van der Waals surface area contributed by atoms with Crippen molar-refractivity contribution in [2.24, 2.45) is 0 Å². The van der Waals surface area contributed by atoms with Crippen LogP contribution < -0.4 is 5.32 Å². The number of benzene rings is 1. The van der Waals surface area contributed by atoms with Gasteiger partial charge in [-0.05, 0) is 11.6 Å². The lowest BCUT2D eigenvalue weighted by molar-refractivity contribution is -0.139. The molecule has 0 amide bonds. The minimum absolute atomic E-state index is 0.0258. The van der Waals surface area contributed by atoms with Crippen molar-refractivity contribution < 1.29 is 20.1 Å². The van der Waals surface area contributed by atoms with Gasteiger partial charge in [0.05, 0.1) is 17.9 Å². The van der Waals surface area contributed by atoms with Gasteiger partial charge in [-0.25, -0.2) is 4.79 Å². The third kappa shape index (κ3) is 3.07. The number of aliphatic carboxylic acids is 1. The van der Waals surface area contributed by atoms with Gasteiger partial charge in [-0.1, -0.05) is 30.3 Å². The fourth-order valence-corrected chi connectivity index (χ4v) is 1.94. The number of carbonyl (C=O) groups is 1. The number of aliphatic hydroxyl groups excluding tert-OH is 2. The lowest BCUT2D eigenvalue weighted by Crippen LogP contribution is -2.29. The topological polar surface area (TPSA) is 89.8 Å². The average Bonchev–Trinajstić information content (AvgIpc) is 2.38. The second kappa shape index (κ2) is 5.48. The van der Waals surface area contributed by atoms with E-state index < -0.39 is 12.0 Å². The molecule has 0 aromatic heterocycles. The first kappa shape index (κ1) is 13.0. The van der Waals surface area contributed by atoms with Crippen molar-refractivity contribution in [1.29, 1.82) is 0 Å². The number of carboxylic acids is 1. The molecule has 1 aliphatic carbocycles. The molecule has 1 aliphatic rings. The smallest absolute Gasteiger partial charge is 0.330 e. The zero-order chi connectivity index (χ0) is 13.8. The van der Waals surface area contributed by atoms with Crippen molar-refractivity contribution in [2.75, 3.05) is 0 Å². The quantitative estimate of drug-likeness (QED) is 0.668. The summed E-state index contributed by atoms with van der Waals surface area (Å²) in [6, 6.07) is 7.81. The maximum Gasteiger partial charge on any atom is 0.330 e. The van der Waals surface area contributed by atoms with Crippen LogP contribution in [0.1, 0.15) is 24.4 Å². The third-order valence-electron chi connectivity index (χ3n) is 2.94. The summed E-state index contributed by atoms with van der Waals surface area (Å²) in [7, 11) is 0. The lowest BCUT2D eigenvalue weighted by Gasteiger charge is -2.21. The first-order valence-electron chi connectivity index (χ1n) is 5.91. The molecular weight excluding hydrogens is 246 g/mol. The van der Waals surface area contributed by atoms with E-state index >= 15 is 0 Å². The fraction of sp³-hybridized carbons (Fsp3) is 0.214. The molecular formula is C14H15NO4. The maximum absolute atomic E-state index is 11.3. The molecule has 0 spiro atoms. The van der Waals surface area contributed by atoms with E-state index in [0.29, 0.717) is 11.3 Å². The highest BCUT2D eigenvalue weighted by atomic mass is 16.4. The zero-order valence-electron chi connectivity index (χ0n) is 10.2. The van der Waals surface area contributed by atoms with Gasteiger partial charge in [0.25, 0.3) is 0 Å². The van der Waals surface area contributed by atoms with Crippen molar-refractivity contribution in [2.45, 2.75) is 18.9 Å². The van der Waals surface area contributed by atoms with Gasteiger partial charge in [-0.15, -0.1) is 0 Å². The van der Waals surface area contributed by atoms with Crippen molar-refractivity contribution >= 4 is 5.97 Å². The minimum atomic E-state index is -1.02. The molecule has 1 atom stereocenters. The summed E-state index contributed by atoms with van der Waals surface area (Å²) < 4.78 is 0. The van der Waals surface area contributed by atoms with Gasteiger partial charge in [0.15, 0.2) is 6.04 Å². The average molecular weight is 261 g/mol. The van der Waals surface area contributed by atoms with Gasteiger partial charge in [0.2, 0.25) is 0 Å². The van der Waals surface area contributed by atoms with Gasteiger partial charge >= 0.3 is 5.97 Å². The maximum atomic E-state index is 11.3. The van der Waals surface area contributed by atoms with Crippen molar-refractivity contribution in [1.82, 2.24) is 5.32 Å². The molecule has 1 aromatic carbocycles. The molecule has 0 saturated carbocycles. The van der Waals surface area contributed by atoms with Gasteiger partial charge in [-0.3, -0.25) is 0 Å². The summed E-state index contributed by atoms with van der Waals surface area (Å²) in [5, 5.41) is 31.1. The Morgan fingerprint density at radius 3 is 2.47 bits per heavy atom. The van der Waals surface area contributed by atoms with E-state index in [0.717, 1.165) is 0 Å². The van der Waals surface area contributed by atoms with E-state index in [1.165, 1.54) is 0 Å². The van der Waals surface area contributed by atoms with Crippen LogP contribution in [-0.4, -0.2) is 21.3 Å². The molecule has 4 N–H and O–H groups in total. The lowest BCUT2D eigenvalue weighted by atomic mass is 10.0. The molecule has 0 fully saturated rings. The molecule has 1 aromatic rings. The van der Waals surface area contributed by atoms with E-state index in [-0.39, 0.29) is 24.4 Å². The normalized spacial score (nSPS) is 16.7. The van der Waals surface area contributed by atoms with Crippen LogP contribution in [-0.2, 0) is 4.79 Å². The van der Waals surface area contributed by atoms with Crippen LogP contribution in [0.3, 0.4) is 0 Å². The minimum Gasteiger partial charge on any atom is -0.512 e. The first-order chi connectivity index (χ1) is 9.08. The van der Waals surface area contributed by atoms with Crippen LogP contribution in [0.25, 0.3) is 0 Å². The van der Waals surface area contributed by atoms with Gasteiger partial charge < -0.3 is 20.6 Å². The number of nitrogens with one attached hydrogen (secondary N) is 1. The second-order valence-corrected chi connectivity index (χ2v) is 4.33. The van der Waals surface area contributed by atoms with Gasteiger partial charge in [0, 0.05) is 6.42 Å². The number of rotatable bonds is 4. The highest BCUT2D eigenvalue weighted by Crippen LogP contribution is 2.23. The first-order valence-corrected chi connectivity index (χ1v) is 5.91. The number of aliphatic hydroxyl groups is 2. The Bertz CT molecular complexity index is 534. The Morgan fingerprint density at radius 2 is 1.89 bits per heavy atom. The Balaban J connectivity index is 2.19. The molecule has 19 heavy (non-hydrogen) atoms. The van der Waals surface area contributed by atoms with Crippen LogP contribution in [0.4, 0.5) is 0 Å². The summed E-state index contributed by atoms with van der Waals surface area (Å²) in [5.74, 6) is -0.956. The van der Waals surface area contributed by atoms with Crippen molar-refractivity contribution in [3.63, 3.8) is 0 Å². The monoisotopic (exact) mass is 261 g/mol. The molecule has 0 bridgehead atoms. The predicted molar refractivity (Wildman–Crippen MR) is 69.6 cm³/mol. The van der Waals surface area contributed by atoms with E-state index in [1.807, 2.05) is 0 Å². The molecule has 0 radical (unpaired) electrons. The number of hydrogen-bond acceptors (Lipinski definition) is 4. The Labute approximate surface area is 110 Å². The summed E-state index contributed by atoms with van der Waals surface area (Å²) in [5.41, 5.74) is 1.03. The third-order valence-corrected chi connectivity index (χ3v) is 2.94.